The predicted molar refractivity (Wildman–Crippen MR) is 75.5 cm³/mol. The van der Waals surface area contributed by atoms with Crippen molar-refractivity contribution in [2.75, 3.05) is 0 Å². The molecule has 0 aliphatic heterocycles. The summed E-state index contributed by atoms with van der Waals surface area (Å²) in [4.78, 5) is 1.23. The Morgan fingerprint density at radius 2 is 2.12 bits per heavy atom. The zero-order valence-corrected chi connectivity index (χ0v) is 12.5. The lowest BCUT2D eigenvalue weighted by Gasteiger charge is -2.21. The molecule has 2 rings (SSSR count). The van der Waals surface area contributed by atoms with Crippen LogP contribution in [0.5, 0.6) is 0 Å². The molecule has 92 valence electrons. The standard InChI is InChI=1S/C12H16BrN3S/c1-7-6-8(2)16(15-7)12(9(3)14)10-4-5-11(13)17-10/h4-6,9,12H,14H2,1-3H3. The van der Waals surface area contributed by atoms with E-state index in [2.05, 4.69) is 46.2 Å². The van der Waals surface area contributed by atoms with Crippen molar-refractivity contribution in [1.82, 2.24) is 9.78 Å². The first-order chi connectivity index (χ1) is 7.99. The van der Waals surface area contributed by atoms with Crippen LogP contribution in [0.15, 0.2) is 22.0 Å². The van der Waals surface area contributed by atoms with Crippen molar-refractivity contribution >= 4 is 27.3 Å². The van der Waals surface area contributed by atoms with Crippen LogP contribution >= 0.6 is 27.3 Å². The van der Waals surface area contributed by atoms with E-state index in [0.29, 0.717) is 0 Å². The summed E-state index contributed by atoms with van der Waals surface area (Å²) in [6, 6.07) is 6.39. The topological polar surface area (TPSA) is 43.8 Å². The van der Waals surface area contributed by atoms with Crippen LogP contribution in [0.25, 0.3) is 0 Å². The molecule has 0 aliphatic carbocycles. The molecule has 2 unspecified atom stereocenters. The highest BCUT2D eigenvalue weighted by atomic mass is 79.9. The Kier molecular flexibility index (Phi) is 3.70. The third kappa shape index (κ3) is 2.61. The van der Waals surface area contributed by atoms with Crippen LogP contribution in [0.3, 0.4) is 0 Å². The SMILES string of the molecule is Cc1cc(C)n(C(c2ccc(Br)s2)C(C)N)n1. The first-order valence-electron chi connectivity index (χ1n) is 5.52. The fourth-order valence-electron chi connectivity index (χ4n) is 2.02. The Morgan fingerprint density at radius 1 is 1.41 bits per heavy atom. The smallest absolute Gasteiger partial charge is 0.101 e. The normalized spacial score (nSPS) is 14.9. The van der Waals surface area contributed by atoms with Gasteiger partial charge in [-0.2, -0.15) is 5.10 Å². The van der Waals surface area contributed by atoms with Crippen LogP contribution in [0.2, 0.25) is 0 Å². The lowest BCUT2D eigenvalue weighted by molar-refractivity contribution is 0.450. The van der Waals surface area contributed by atoms with E-state index in [1.807, 2.05) is 18.5 Å². The molecule has 2 aromatic rings. The number of thiophene rings is 1. The van der Waals surface area contributed by atoms with Gasteiger partial charge in [-0.05, 0) is 54.9 Å². The van der Waals surface area contributed by atoms with Gasteiger partial charge in [0.25, 0.3) is 0 Å². The minimum Gasteiger partial charge on any atom is -0.326 e. The molecule has 2 aromatic heterocycles. The summed E-state index contributed by atoms with van der Waals surface area (Å²) >= 11 is 5.21. The van der Waals surface area contributed by atoms with Gasteiger partial charge in [0.2, 0.25) is 0 Å². The van der Waals surface area contributed by atoms with E-state index in [0.717, 1.165) is 15.2 Å². The molecule has 0 aliphatic rings. The second kappa shape index (κ2) is 4.92. The summed E-state index contributed by atoms with van der Waals surface area (Å²) in [5.41, 5.74) is 8.30. The van der Waals surface area contributed by atoms with Crippen LogP contribution in [0.1, 0.15) is 29.2 Å². The van der Waals surface area contributed by atoms with Crippen LogP contribution in [-0.4, -0.2) is 15.8 Å². The predicted octanol–water partition coefficient (Wildman–Crippen LogP) is 3.26. The highest BCUT2D eigenvalue weighted by Crippen LogP contribution is 2.31. The van der Waals surface area contributed by atoms with Gasteiger partial charge in [-0.1, -0.05) is 0 Å². The molecule has 0 radical (unpaired) electrons. The molecule has 17 heavy (non-hydrogen) atoms. The third-order valence-corrected chi connectivity index (χ3v) is 4.39. The van der Waals surface area contributed by atoms with Crippen molar-refractivity contribution in [2.45, 2.75) is 32.9 Å². The van der Waals surface area contributed by atoms with Crippen LogP contribution in [0.4, 0.5) is 0 Å². The average Bonchev–Trinajstić information content (AvgIpc) is 2.75. The first-order valence-corrected chi connectivity index (χ1v) is 7.13. The lowest BCUT2D eigenvalue weighted by atomic mass is 10.1. The minimum absolute atomic E-state index is 0.0264. The number of nitrogens with zero attached hydrogens (tertiary/aromatic N) is 2. The van der Waals surface area contributed by atoms with Gasteiger partial charge >= 0.3 is 0 Å². The monoisotopic (exact) mass is 313 g/mol. The summed E-state index contributed by atoms with van der Waals surface area (Å²) in [7, 11) is 0. The summed E-state index contributed by atoms with van der Waals surface area (Å²) in [5, 5.41) is 4.55. The van der Waals surface area contributed by atoms with Crippen LogP contribution in [0, 0.1) is 13.8 Å². The molecule has 2 heterocycles. The van der Waals surface area contributed by atoms with E-state index in [1.54, 1.807) is 11.3 Å². The van der Waals surface area contributed by atoms with E-state index in [-0.39, 0.29) is 12.1 Å². The number of aromatic nitrogens is 2. The summed E-state index contributed by atoms with van der Waals surface area (Å²) < 4.78 is 3.15. The molecule has 0 spiro atoms. The molecule has 0 aromatic carbocycles. The van der Waals surface area contributed by atoms with Gasteiger partial charge in [0.1, 0.15) is 6.04 Å². The van der Waals surface area contributed by atoms with Gasteiger partial charge in [-0.15, -0.1) is 11.3 Å². The van der Waals surface area contributed by atoms with Crippen molar-refractivity contribution in [3.05, 3.63) is 38.3 Å². The fourth-order valence-corrected chi connectivity index (χ4v) is 3.64. The van der Waals surface area contributed by atoms with Gasteiger partial charge in [-0.3, -0.25) is 4.68 Å². The van der Waals surface area contributed by atoms with Crippen LogP contribution < -0.4 is 5.73 Å². The van der Waals surface area contributed by atoms with Crippen molar-refractivity contribution in [3.8, 4) is 0 Å². The van der Waals surface area contributed by atoms with Crippen molar-refractivity contribution < 1.29 is 0 Å². The Bertz CT molecular complexity index is 516. The number of rotatable bonds is 3. The van der Waals surface area contributed by atoms with Gasteiger partial charge in [0.05, 0.1) is 9.48 Å². The Labute approximate surface area is 114 Å². The van der Waals surface area contributed by atoms with E-state index in [1.165, 1.54) is 4.88 Å². The maximum absolute atomic E-state index is 6.12. The summed E-state index contributed by atoms with van der Waals surface area (Å²) in [6.45, 7) is 6.10. The van der Waals surface area contributed by atoms with Crippen molar-refractivity contribution in [2.24, 2.45) is 5.73 Å². The van der Waals surface area contributed by atoms with Gasteiger partial charge < -0.3 is 5.73 Å². The van der Waals surface area contributed by atoms with Gasteiger partial charge in [0, 0.05) is 16.6 Å². The van der Waals surface area contributed by atoms with Gasteiger partial charge in [0.15, 0.2) is 0 Å². The average molecular weight is 314 g/mol. The highest BCUT2D eigenvalue weighted by molar-refractivity contribution is 9.11. The third-order valence-electron chi connectivity index (χ3n) is 2.69. The molecule has 3 nitrogen and oxygen atoms in total. The summed E-state index contributed by atoms with van der Waals surface area (Å²) in [5.74, 6) is 0. The number of nitrogens with two attached hydrogens (primary N) is 1. The second-order valence-corrected chi connectivity index (χ2v) is 6.81. The van der Waals surface area contributed by atoms with E-state index >= 15 is 0 Å². The number of halogens is 1. The molecule has 0 bridgehead atoms. The zero-order chi connectivity index (χ0) is 12.6. The largest absolute Gasteiger partial charge is 0.326 e. The maximum atomic E-state index is 6.12. The molecule has 0 fully saturated rings. The molecule has 0 saturated heterocycles. The summed E-state index contributed by atoms with van der Waals surface area (Å²) in [6.07, 6.45) is 0. The van der Waals surface area contributed by atoms with E-state index < -0.39 is 0 Å². The quantitative estimate of drug-likeness (QED) is 0.945. The fraction of sp³-hybridized carbons (Fsp3) is 0.417. The molecule has 2 atom stereocenters. The highest BCUT2D eigenvalue weighted by Gasteiger charge is 2.22. The van der Waals surface area contributed by atoms with Crippen LogP contribution in [-0.2, 0) is 0 Å². The number of hydrogen-bond donors (Lipinski definition) is 1. The number of hydrogen-bond acceptors (Lipinski definition) is 3. The molecular formula is C12H16BrN3S. The molecule has 0 saturated carbocycles. The van der Waals surface area contributed by atoms with E-state index in [9.17, 15) is 0 Å². The van der Waals surface area contributed by atoms with E-state index in [4.69, 9.17) is 5.73 Å². The first kappa shape index (κ1) is 12.8. The van der Waals surface area contributed by atoms with Gasteiger partial charge in [-0.25, -0.2) is 0 Å². The number of aryl methyl sites for hydroxylation is 2. The Hall–Kier alpha value is -0.650. The molecule has 0 amide bonds. The molecular weight excluding hydrogens is 298 g/mol. The molecule has 2 N–H and O–H groups in total. The Morgan fingerprint density at radius 3 is 2.53 bits per heavy atom. The minimum atomic E-state index is 0.0264. The van der Waals surface area contributed by atoms with Crippen molar-refractivity contribution in [1.29, 1.82) is 0 Å². The maximum Gasteiger partial charge on any atom is 0.101 e. The second-order valence-electron chi connectivity index (χ2n) is 4.32. The lowest BCUT2D eigenvalue weighted by Crippen LogP contribution is -2.31. The van der Waals surface area contributed by atoms with Crippen molar-refractivity contribution in [3.63, 3.8) is 0 Å². The Balaban J connectivity index is 2.46. The zero-order valence-electron chi connectivity index (χ0n) is 10.1. The molecule has 5 heteroatoms.